The van der Waals surface area contributed by atoms with Crippen molar-refractivity contribution in [3.63, 3.8) is 0 Å². The Morgan fingerprint density at radius 3 is 2.35 bits per heavy atom. The van der Waals surface area contributed by atoms with E-state index in [1.165, 1.54) is 18.4 Å². The van der Waals surface area contributed by atoms with Crippen LogP contribution in [-0.4, -0.2) is 6.04 Å². The summed E-state index contributed by atoms with van der Waals surface area (Å²) in [6, 6.07) is 8.48. The summed E-state index contributed by atoms with van der Waals surface area (Å²) in [6.07, 6.45) is 3.66. The van der Waals surface area contributed by atoms with Crippen LogP contribution in [0, 0.1) is 17.8 Å². The topological polar surface area (TPSA) is 26.0 Å². The van der Waals surface area contributed by atoms with E-state index in [-0.39, 0.29) is 6.04 Å². The summed E-state index contributed by atoms with van der Waals surface area (Å²) in [5.41, 5.74) is 8.34. The zero-order chi connectivity index (χ0) is 12.7. The molecule has 0 heterocycles. The van der Waals surface area contributed by atoms with Crippen molar-refractivity contribution in [1.29, 1.82) is 0 Å². The monoisotopic (exact) mass is 229 g/mol. The van der Waals surface area contributed by atoms with Gasteiger partial charge in [0.1, 0.15) is 0 Å². The summed E-state index contributed by atoms with van der Waals surface area (Å²) in [6.45, 7) is 6.40. The van der Waals surface area contributed by atoms with Gasteiger partial charge < -0.3 is 5.73 Å². The Labute approximate surface area is 105 Å². The fraction of sp³-hybridized carbons (Fsp3) is 0.500. The molecule has 0 spiro atoms. The molecule has 0 fully saturated rings. The van der Waals surface area contributed by atoms with Crippen LogP contribution in [0.1, 0.15) is 44.7 Å². The standard InChI is InChI=1S/C16H23N/c1-4-5-6-14-7-9-15(10-8-14)11-12-16(17)13(2)3/h7-10,13,16H,4-6,17H2,1-3H3. The van der Waals surface area contributed by atoms with Gasteiger partial charge in [0.2, 0.25) is 0 Å². The van der Waals surface area contributed by atoms with Gasteiger partial charge in [-0.05, 0) is 36.5 Å². The van der Waals surface area contributed by atoms with Gasteiger partial charge >= 0.3 is 0 Å². The Bertz CT molecular complexity index is 378. The fourth-order valence-corrected chi connectivity index (χ4v) is 1.47. The van der Waals surface area contributed by atoms with Crippen LogP contribution in [0.3, 0.4) is 0 Å². The minimum Gasteiger partial charge on any atom is -0.317 e. The zero-order valence-corrected chi connectivity index (χ0v) is 11.2. The van der Waals surface area contributed by atoms with Gasteiger partial charge in [0, 0.05) is 5.56 Å². The highest BCUT2D eigenvalue weighted by Gasteiger charge is 2.01. The number of aryl methyl sites for hydroxylation is 1. The summed E-state index contributed by atoms with van der Waals surface area (Å²) in [5.74, 6) is 6.63. The molecule has 0 aliphatic carbocycles. The van der Waals surface area contributed by atoms with Crippen LogP contribution in [-0.2, 0) is 6.42 Å². The molecule has 0 aliphatic rings. The lowest BCUT2D eigenvalue weighted by Gasteiger charge is -2.06. The fourth-order valence-electron chi connectivity index (χ4n) is 1.47. The maximum Gasteiger partial charge on any atom is 0.0691 e. The van der Waals surface area contributed by atoms with Gasteiger partial charge in [-0.25, -0.2) is 0 Å². The third-order valence-corrected chi connectivity index (χ3v) is 2.87. The summed E-state index contributed by atoms with van der Waals surface area (Å²) in [4.78, 5) is 0. The second-order valence-electron chi connectivity index (χ2n) is 4.84. The van der Waals surface area contributed by atoms with Gasteiger partial charge in [0.15, 0.2) is 0 Å². The van der Waals surface area contributed by atoms with E-state index in [2.05, 4.69) is 56.9 Å². The molecule has 1 nitrogen and oxygen atoms in total. The Balaban J connectivity index is 2.61. The van der Waals surface area contributed by atoms with E-state index in [1.807, 2.05) is 0 Å². The van der Waals surface area contributed by atoms with Crippen molar-refractivity contribution in [3.05, 3.63) is 35.4 Å². The Morgan fingerprint density at radius 2 is 1.82 bits per heavy atom. The normalized spacial score (nSPS) is 12.1. The number of hydrogen-bond donors (Lipinski definition) is 1. The first-order chi connectivity index (χ1) is 8.13. The highest BCUT2D eigenvalue weighted by Crippen LogP contribution is 2.07. The van der Waals surface area contributed by atoms with Crippen molar-refractivity contribution < 1.29 is 0 Å². The van der Waals surface area contributed by atoms with Crippen molar-refractivity contribution in [3.8, 4) is 11.8 Å². The molecule has 0 amide bonds. The van der Waals surface area contributed by atoms with Gasteiger partial charge in [0.05, 0.1) is 6.04 Å². The first kappa shape index (κ1) is 13.8. The number of benzene rings is 1. The second kappa shape index (κ2) is 7.14. The molecular weight excluding hydrogens is 206 g/mol. The van der Waals surface area contributed by atoms with E-state index in [0.717, 1.165) is 12.0 Å². The zero-order valence-electron chi connectivity index (χ0n) is 11.2. The SMILES string of the molecule is CCCCc1ccc(C#CC(N)C(C)C)cc1. The van der Waals surface area contributed by atoms with E-state index >= 15 is 0 Å². The number of unbranched alkanes of at least 4 members (excludes halogenated alkanes) is 1. The molecule has 17 heavy (non-hydrogen) atoms. The molecule has 92 valence electrons. The minimum absolute atomic E-state index is 0.0326. The van der Waals surface area contributed by atoms with E-state index in [4.69, 9.17) is 5.73 Å². The van der Waals surface area contributed by atoms with Crippen LogP contribution in [0.2, 0.25) is 0 Å². The molecule has 1 rings (SSSR count). The largest absolute Gasteiger partial charge is 0.317 e. The number of hydrogen-bond acceptors (Lipinski definition) is 1. The average molecular weight is 229 g/mol. The van der Waals surface area contributed by atoms with Crippen molar-refractivity contribution in [2.75, 3.05) is 0 Å². The van der Waals surface area contributed by atoms with Crippen LogP contribution in [0.15, 0.2) is 24.3 Å². The summed E-state index contributed by atoms with van der Waals surface area (Å²) >= 11 is 0. The van der Waals surface area contributed by atoms with Crippen molar-refractivity contribution >= 4 is 0 Å². The summed E-state index contributed by atoms with van der Waals surface area (Å²) in [5, 5.41) is 0. The molecule has 2 N–H and O–H groups in total. The molecule has 0 aliphatic heterocycles. The maximum absolute atomic E-state index is 5.89. The predicted molar refractivity (Wildman–Crippen MR) is 74.7 cm³/mol. The summed E-state index contributed by atoms with van der Waals surface area (Å²) in [7, 11) is 0. The van der Waals surface area contributed by atoms with Gasteiger partial charge in [-0.3, -0.25) is 0 Å². The molecule has 1 atom stereocenters. The lowest BCUT2D eigenvalue weighted by Crippen LogP contribution is -2.23. The van der Waals surface area contributed by atoms with Gasteiger partial charge in [0.25, 0.3) is 0 Å². The molecule has 0 saturated carbocycles. The highest BCUT2D eigenvalue weighted by atomic mass is 14.6. The lowest BCUT2D eigenvalue weighted by molar-refractivity contribution is 0.584. The van der Waals surface area contributed by atoms with Crippen LogP contribution in [0.25, 0.3) is 0 Å². The first-order valence-electron chi connectivity index (χ1n) is 6.49. The quantitative estimate of drug-likeness (QED) is 0.787. The van der Waals surface area contributed by atoms with Crippen LogP contribution >= 0.6 is 0 Å². The smallest absolute Gasteiger partial charge is 0.0691 e. The van der Waals surface area contributed by atoms with Crippen LogP contribution in [0.5, 0.6) is 0 Å². The Hall–Kier alpha value is -1.26. The molecule has 0 radical (unpaired) electrons. The predicted octanol–water partition coefficient (Wildman–Crippen LogP) is 3.36. The number of rotatable bonds is 4. The van der Waals surface area contributed by atoms with E-state index in [0.29, 0.717) is 5.92 Å². The molecule has 1 aromatic rings. The molecular formula is C16H23N. The van der Waals surface area contributed by atoms with E-state index < -0.39 is 0 Å². The van der Waals surface area contributed by atoms with Crippen molar-refractivity contribution in [1.82, 2.24) is 0 Å². The lowest BCUT2D eigenvalue weighted by atomic mass is 10.0. The third-order valence-electron chi connectivity index (χ3n) is 2.87. The number of nitrogens with two attached hydrogens (primary N) is 1. The maximum atomic E-state index is 5.89. The molecule has 0 bridgehead atoms. The molecule has 0 aromatic heterocycles. The first-order valence-corrected chi connectivity index (χ1v) is 6.49. The average Bonchev–Trinajstić information content (AvgIpc) is 2.34. The Kier molecular flexibility index (Phi) is 5.80. The van der Waals surface area contributed by atoms with Gasteiger partial charge in [-0.1, -0.05) is 51.2 Å². The second-order valence-corrected chi connectivity index (χ2v) is 4.84. The van der Waals surface area contributed by atoms with Crippen molar-refractivity contribution in [2.24, 2.45) is 11.7 Å². The minimum atomic E-state index is -0.0326. The van der Waals surface area contributed by atoms with Crippen LogP contribution < -0.4 is 5.73 Å². The van der Waals surface area contributed by atoms with Gasteiger partial charge in [-0.15, -0.1) is 0 Å². The van der Waals surface area contributed by atoms with Gasteiger partial charge in [-0.2, -0.15) is 0 Å². The molecule has 1 heteroatoms. The Morgan fingerprint density at radius 1 is 1.18 bits per heavy atom. The molecule has 1 aromatic carbocycles. The van der Waals surface area contributed by atoms with E-state index in [9.17, 15) is 0 Å². The van der Waals surface area contributed by atoms with Crippen LogP contribution in [0.4, 0.5) is 0 Å². The molecule has 0 saturated heterocycles. The van der Waals surface area contributed by atoms with Crippen molar-refractivity contribution in [2.45, 2.75) is 46.1 Å². The third kappa shape index (κ3) is 5.06. The molecule has 1 unspecified atom stereocenters. The summed E-state index contributed by atoms with van der Waals surface area (Å²) < 4.78 is 0. The van der Waals surface area contributed by atoms with E-state index in [1.54, 1.807) is 0 Å². The highest BCUT2D eigenvalue weighted by molar-refractivity contribution is 5.37.